The number of rotatable bonds is 14. The van der Waals surface area contributed by atoms with Crippen molar-refractivity contribution in [2.75, 3.05) is 81.9 Å². The van der Waals surface area contributed by atoms with Gasteiger partial charge in [-0.2, -0.15) is 5.26 Å². The van der Waals surface area contributed by atoms with Gasteiger partial charge in [-0.05, 0) is 148 Å². The molecule has 501 valence electrons. The maximum absolute atomic E-state index is 10.4. The van der Waals surface area contributed by atoms with Gasteiger partial charge in [0.1, 0.15) is 65.3 Å². The van der Waals surface area contributed by atoms with Crippen molar-refractivity contribution in [2.45, 2.75) is 161 Å². The first-order valence-electron chi connectivity index (χ1n) is 30.5. The number of likely N-dealkylation sites (tertiary alicyclic amines) is 1. The minimum atomic E-state index is -0.0683. The van der Waals surface area contributed by atoms with E-state index in [1.165, 1.54) is 140 Å². The molecule has 1 radical (unpaired) electrons. The van der Waals surface area contributed by atoms with Crippen LogP contribution in [-0.4, -0.2) is 113 Å². The Morgan fingerprint density at radius 3 is 1.48 bits per heavy atom. The fourth-order valence-electron chi connectivity index (χ4n) is 10.4. The standard InChI is InChI=1S/C11H13BrN4O.C11H15BrN2O.C11H16N2O.C10H14BrN3O.C7H14.C6H12O.C5H6N2O.CH4O.CH4.BHNS.ClH/c12-9-5-15-11(14)4-10(9)17-6-8-2-1-3-16(8)7-13;12-9-6-14-11(13)5-10(9)15-7-8-3-1-2-4-8;12-11-7-10(5-6-13-11)14-8-9-3-1-2-4-9;11-8-5-14-10(12)4-9(8)15-6-7-2-1-3-13-7;1-2-7-5-3-4-6-7;7-5-6-3-1-2-4-6;6-5-3-4(8)1-2-7-5;1-2;;1-2-3;/h4-5,8H,1-3,6H2,(H2,14,15);5-6,8H,1-4,7H2,(H2,13,14);5-7,9H,1-4,8H2,(H2,12,13);4-5,7,13H,1-3,6H2,(H2,12,14);7H,2-6H2,1H3;6-7H,1-5H2;1-3H,(H3,6,7,8);2H,1H3;1H4;3H;1H/t8-;;;7-;;;;;;;/m0..0......./s1. The normalized spacial score (nSPS) is 17.2. The van der Waals surface area contributed by atoms with Crippen molar-refractivity contribution in [3.63, 3.8) is 0 Å². The molecule has 0 aromatic carbocycles. The van der Waals surface area contributed by atoms with E-state index in [0.29, 0.717) is 72.5 Å². The molecule has 5 aromatic heterocycles. The second-order valence-electron chi connectivity index (χ2n) is 21.9. The van der Waals surface area contributed by atoms with Crippen molar-refractivity contribution in [1.82, 2.24) is 35.1 Å². The van der Waals surface area contributed by atoms with Crippen LogP contribution in [0.3, 0.4) is 0 Å². The number of ether oxygens (including phenoxy) is 4. The van der Waals surface area contributed by atoms with E-state index in [9.17, 15) is 4.79 Å². The Morgan fingerprint density at radius 2 is 1.09 bits per heavy atom. The number of nitrogens with two attached hydrogens (primary N) is 5. The fourth-order valence-corrected chi connectivity index (χ4v) is 11.4. The van der Waals surface area contributed by atoms with Crippen LogP contribution in [0, 0.1) is 35.1 Å². The summed E-state index contributed by atoms with van der Waals surface area (Å²) in [5.41, 5.74) is 27.5. The van der Waals surface area contributed by atoms with Gasteiger partial charge in [0.25, 0.3) is 0 Å². The predicted octanol–water partition coefficient (Wildman–Crippen LogP) is 13.1. The molecule has 11 rings (SSSR count). The molecule has 4 saturated carbocycles. The number of nitrogens with one attached hydrogen (secondary N) is 2. The third-order valence-corrected chi connectivity index (χ3v) is 17.1. The van der Waals surface area contributed by atoms with Gasteiger partial charge < -0.3 is 73.0 Å². The van der Waals surface area contributed by atoms with Crippen molar-refractivity contribution in [3.8, 4) is 29.2 Å². The number of aromatic nitrogens is 5. The number of aliphatic hydroxyl groups is 2. The number of hydrogen-bond donors (Lipinski definition) is 10. The zero-order valence-electron chi connectivity index (χ0n) is 51.7. The monoisotopic (exact) mass is 1480 g/mol. The van der Waals surface area contributed by atoms with Crippen LogP contribution in [0.2, 0.25) is 0 Å². The average molecular weight is 1480 g/mol. The van der Waals surface area contributed by atoms with Crippen molar-refractivity contribution in [2.24, 2.45) is 28.0 Å². The Balaban J connectivity index is 0.000000527. The molecule has 2 atom stereocenters. The van der Waals surface area contributed by atoms with Crippen LogP contribution in [-0.2, 0) is 0 Å². The Labute approximate surface area is 572 Å². The van der Waals surface area contributed by atoms with E-state index in [1.807, 2.05) is 6.07 Å². The number of aromatic amines is 1. The first-order chi connectivity index (χ1) is 42.6. The van der Waals surface area contributed by atoms with E-state index in [4.69, 9.17) is 63.1 Å². The van der Waals surface area contributed by atoms with Crippen LogP contribution in [0.15, 0.2) is 96.0 Å². The number of H-pyrrole nitrogens is 1. The van der Waals surface area contributed by atoms with Gasteiger partial charge in [-0.25, -0.2) is 19.9 Å². The topological polar surface area (TPSA) is 343 Å². The molecule has 6 aliphatic rings. The van der Waals surface area contributed by atoms with Gasteiger partial charge >= 0.3 is 24.8 Å². The molecular weight excluding hydrogens is 1380 g/mol. The summed E-state index contributed by atoms with van der Waals surface area (Å²) in [6.07, 6.45) is 38.0. The number of aliphatic hydroxyl groups excluding tert-OH is 2. The number of hydrogen-bond acceptors (Lipinski definition) is 21. The minimum absolute atomic E-state index is 0. The summed E-state index contributed by atoms with van der Waals surface area (Å²) in [6.45, 7) is 7.43. The molecule has 14 N–H and O–H groups in total. The summed E-state index contributed by atoms with van der Waals surface area (Å²) in [5.74, 6) is 8.60. The number of nitriles is 1. The first kappa shape index (κ1) is 82.9. The Morgan fingerprint density at radius 1 is 0.644 bits per heavy atom. The molecule has 0 bridgehead atoms. The van der Waals surface area contributed by atoms with E-state index in [0.717, 1.165) is 88.8 Å². The summed E-state index contributed by atoms with van der Waals surface area (Å²) < 4.78 is 27.9. The fraction of sp³-hybridized carbons (Fsp3) is 0.587. The van der Waals surface area contributed by atoms with Crippen LogP contribution in [0.4, 0.5) is 29.1 Å². The van der Waals surface area contributed by atoms with E-state index in [1.54, 1.807) is 54.0 Å². The third kappa shape index (κ3) is 35.6. The number of halogens is 4. The Kier molecular flexibility index (Phi) is 46.4. The Bertz CT molecular complexity index is 2690. The van der Waals surface area contributed by atoms with E-state index in [-0.39, 0.29) is 31.3 Å². The molecule has 0 spiro atoms. The average Bonchev–Trinajstić information content (AvgIpc) is 3.76. The van der Waals surface area contributed by atoms with Crippen LogP contribution in [0.25, 0.3) is 0 Å². The molecule has 6 fully saturated rings. The first-order valence-corrected chi connectivity index (χ1v) is 33.3. The van der Waals surface area contributed by atoms with Crippen molar-refractivity contribution in [1.29, 1.82) is 5.26 Å². The zero-order chi connectivity index (χ0) is 64.3. The molecule has 5 aromatic rings. The molecule has 4 aliphatic carbocycles. The molecule has 0 unspecified atom stereocenters. The van der Waals surface area contributed by atoms with Gasteiger partial charge in [-0.3, -0.25) is 4.79 Å². The van der Waals surface area contributed by atoms with E-state index >= 15 is 0 Å². The number of nitrogens with zero attached hydrogens (tertiary/aromatic N) is 7. The van der Waals surface area contributed by atoms with Crippen LogP contribution >= 0.6 is 73.0 Å². The van der Waals surface area contributed by atoms with Crippen molar-refractivity contribution in [3.05, 3.63) is 97.1 Å². The van der Waals surface area contributed by atoms with Crippen LogP contribution in [0.5, 0.6) is 23.0 Å². The number of nitrogen functional groups attached to an aromatic ring is 5. The second kappa shape index (κ2) is 50.4. The van der Waals surface area contributed by atoms with Gasteiger partial charge in [0.05, 0.1) is 32.7 Å². The molecule has 27 heteroatoms. The van der Waals surface area contributed by atoms with Crippen molar-refractivity contribution < 1.29 is 29.2 Å². The molecule has 7 heterocycles. The van der Waals surface area contributed by atoms with Gasteiger partial charge in [0.2, 0.25) is 0 Å². The van der Waals surface area contributed by atoms with Gasteiger partial charge in [-0.15, -0.1) is 12.4 Å². The summed E-state index contributed by atoms with van der Waals surface area (Å²) in [6, 6.07) is 12.2. The second-order valence-corrected chi connectivity index (χ2v) is 24.7. The molecule has 2 saturated heterocycles. The van der Waals surface area contributed by atoms with Gasteiger partial charge in [0, 0.05) is 93.7 Å². The number of thiol groups is 1. The summed E-state index contributed by atoms with van der Waals surface area (Å²) in [5, 5.41) is 27.9. The van der Waals surface area contributed by atoms with E-state index < -0.39 is 0 Å². The van der Waals surface area contributed by atoms with E-state index in [2.05, 4.69) is 116 Å². The molecule has 90 heavy (non-hydrogen) atoms. The molecule has 21 nitrogen and oxygen atoms in total. The van der Waals surface area contributed by atoms with Crippen LogP contribution in [0.1, 0.15) is 149 Å². The Hall–Kier alpha value is -5.14. The number of pyridine rings is 5. The molecule has 2 aliphatic heterocycles. The molecular formula is C63H100BBr3ClN14O7S. The van der Waals surface area contributed by atoms with Gasteiger partial charge in [0.15, 0.2) is 11.6 Å². The summed E-state index contributed by atoms with van der Waals surface area (Å²) >= 11 is 13.3. The third-order valence-electron chi connectivity index (χ3n) is 15.3. The maximum atomic E-state index is 10.4. The quantitative estimate of drug-likeness (QED) is 0.0280. The van der Waals surface area contributed by atoms with Gasteiger partial charge in [-0.1, -0.05) is 85.0 Å². The molecule has 0 amide bonds. The van der Waals surface area contributed by atoms with Crippen molar-refractivity contribution >= 4 is 110 Å². The number of anilines is 5. The predicted molar refractivity (Wildman–Crippen MR) is 382 cm³/mol. The summed E-state index contributed by atoms with van der Waals surface area (Å²) in [4.78, 5) is 30.6. The SMILES string of the molecule is C.CCC1CCCC1.CO.Cl.N#CN1CCC[C@H]1COc1cc(N)ncc1Br.Nc1cc(=O)cc[nH]1.Nc1cc(OCC2CCCC2)c(Br)cn1.Nc1cc(OCC2CCCC2)ccn1.Nc1cc(OC[C@@H]2CCCN2)c(Br)cn1.OCC1CCCC1.[B]=NS. The van der Waals surface area contributed by atoms with Crippen LogP contribution < -0.4 is 58.4 Å². The zero-order valence-corrected chi connectivity index (χ0v) is 58.2. The summed E-state index contributed by atoms with van der Waals surface area (Å²) in [7, 11) is 5.34.